The summed E-state index contributed by atoms with van der Waals surface area (Å²) in [6.07, 6.45) is 2.54. The van der Waals surface area contributed by atoms with Gasteiger partial charge in [0.25, 0.3) is 0 Å². The molecule has 72 valence electrons. The van der Waals surface area contributed by atoms with E-state index in [1.54, 1.807) is 0 Å². The predicted molar refractivity (Wildman–Crippen MR) is 51.3 cm³/mol. The lowest BCUT2D eigenvalue weighted by atomic mass is 10.1. The van der Waals surface area contributed by atoms with Crippen molar-refractivity contribution in [2.45, 2.75) is 39.2 Å². The molecule has 0 amide bonds. The Bertz CT molecular complexity index is 122. The fourth-order valence-electron chi connectivity index (χ4n) is 1.49. The monoisotopic (exact) mass is 171 g/mol. The minimum atomic E-state index is 0.0338. The van der Waals surface area contributed by atoms with E-state index in [-0.39, 0.29) is 5.60 Å². The van der Waals surface area contributed by atoms with Gasteiger partial charge >= 0.3 is 0 Å². The second-order valence-corrected chi connectivity index (χ2v) is 4.61. The van der Waals surface area contributed by atoms with Crippen molar-refractivity contribution in [3.63, 3.8) is 0 Å². The first kappa shape index (κ1) is 10.0. The highest BCUT2D eigenvalue weighted by atomic mass is 16.5. The Morgan fingerprint density at radius 1 is 1.42 bits per heavy atom. The second kappa shape index (κ2) is 4.24. The molecule has 1 fully saturated rings. The molecule has 0 aromatic heterocycles. The molecule has 12 heavy (non-hydrogen) atoms. The molecule has 1 unspecified atom stereocenters. The van der Waals surface area contributed by atoms with Crippen molar-refractivity contribution < 1.29 is 4.74 Å². The molecule has 1 aliphatic heterocycles. The van der Waals surface area contributed by atoms with Gasteiger partial charge in [-0.15, -0.1) is 0 Å². The summed E-state index contributed by atoms with van der Waals surface area (Å²) in [6, 6.07) is 0. The van der Waals surface area contributed by atoms with E-state index in [0.717, 1.165) is 12.5 Å². The Hall–Kier alpha value is -0.0800. The number of hydrogen-bond donors (Lipinski definition) is 1. The van der Waals surface area contributed by atoms with Gasteiger partial charge in [0, 0.05) is 6.61 Å². The molecule has 1 N–H and O–H groups in total. The molecule has 2 nitrogen and oxygen atoms in total. The zero-order valence-corrected chi connectivity index (χ0v) is 8.52. The molecule has 1 heterocycles. The highest BCUT2D eigenvalue weighted by Crippen LogP contribution is 2.14. The molecule has 0 saturated carbocycles. The third-order valence-corrected chi connectivity index (χ3v) is 2.22. The summed E-state index contributed by atoms with van der Waals surface area (Å²) < 4.78 is 5.66. The quantitative estimate of drug-likeness (QED) is 0.699. The molecule has 1 saturated heterocycles. The van der Waals surface area contributed by atoms with Crippen molar-refractivity contribution in [2.75, 3.05) is 19.7 Å². The van der Waals surface area contributed by atoms with Crippen LogP contribution in [-0.2, 0) is 4.74 Å². The predicted octanol–water partition coefficient (Wildman–Crippen LogP) is 1.80. The highest BCUT2D eigenvalue weighted by molar-refractivity contribution is 4.71. The van der Waals surface area contributed by atoms with Crippen LogP contribution in [0.1, 0.15) is 33.6 Å². The molecule has 1 atom stereocenters. The molecule has 0 aromatic rings. The number of ether oxygens (including phenoxy) is 1. The van der Waals surface area contributed by atoms with E-state index in [2.05, 4.69) is 26.1 Å². The molecule has 0 aliphatic carbocycles. The topological polar surface area (TPSA) is 21.3 Å². The van der Waals surface area contributed by atoms with Gasteiger partial charge in [-0.2, -0.15) is 0 Å². The molecule has 1 aliphatic rings. The summed E-state index contributed by atoms with van der Waals surface area (Å²) in [6.45, 7) is 9.63. The molecule has 0 radical (unpaired) electrons. The lowest BCUT2D eigenvalue weighted by Gasteiger charge is -2.20. The van der Waals surface area contributed by atoms with Crippen molar-refractivity contribution >= 4 is 0 Å². The Morgan fingerprint density at radius 2 is 2.17 bits per heavy atom. The van der Waals surface area contributed by atoms with Crippen molar-refractivity contribution in [1.29, 1.82) is 0 Å². The van der Waals surface area contributed by atoms with E-state index in [1.807, 2.05) is 0 Å². The van der Waals surface area contributed by atoms with Crippen molar-refractivity contribution in [3.05, 3.63) is 0 Å². The summed E-state index contributed by atoms with van der Waals surface area (Å²) in [7, 11) is 0. The Labute approximate surface area is 75.7 Å². The zero-order valence-electron chi connectivity index (χ0n) is 8.52. The number of rotatable bonds is 3. The molecule has 1 rings (SSSR count). The Morgan fingerprint density at radius 3 is 2.67 bits per heavy atom. The van der Waals surface area contributed by atoms with E-state index < -0.39 is 0 Å². The first-order valence-electron chi connectivity index (χ1n) is 4.92. The van der Waals surface area contributed by atoms with Gasteiger partial charge in [-0.25, -0.2) is 0 Å². The van der Waals surface area contributed by atoms with E-state index in [4.69, 9.17) is 4.74 Å². The van der Waals surface area contributed by atoms with Gasteiger partial charge in [0.15, 0.2) is 0 Å². The van der Waals surface area contributed by atoms with Crippen LogP contribution in [0.5, 0.6) is 0 Å². The molecule has 0 aromatic carbocycles. The van der Waals surface area contributed by atoms with Gasteiger partial charge in [0.1, 0.15) is 0 Å². The van der Waals surface area contributed by atoms with Crippen LogP contribution < -0.4 is 5.32 Å². The summed E-state index contributed by atoms with van der Waals surface area (Å²) in [5.41, 5.74) is 0.0338. The maximum atomic E-state index is 5.66. The first-order valence-corrected chi connectivity index (χ1v) is 4.92. The van der Waals surface area contributed by atoms with Gasteiger partial charge in [-0.1, -0.05) is 0 Å². The maximum absolute atomic E-state index is 5.66. The molecule has 2 heteroatoms. The zero-order chi connectivity index (χ0) is 9.03. The largest absolute Gasteiger partial charge is 0.376 e. The lowest BCUT2D eigenvalue weighted by Crippen LogP contribution is -2.21. The van der Waals surface area contributed by atoms with Crippen LogP contribution >= 0.6 is 0 Å². The third kappa shape index (κ3) is 4.07. The summed E-state index contributed by atoms with van der Waals surface area (Å²) in [5, 5.41) is 3.36. The fourth-order valence-corrected chi connectivity index (χ4v) is 1.49. The smallest absolute Gasteiger partial charge is 0.0598 e. The lowest BCUT2D eigenvalue weighted by molar-refractivity contribution is -0.00842. The van der Waals surface area contributed by atoms with Crippen LogP contribution in [0.2, 0.25) is 0 Å². The van der Waals surface area contributed by atoms with E-state index in [9.17, 15) is 0 Å². The van der Waals surface area contributed by atoms with Crippen molar-refractivity contribution in [1.82, 2.24) is 5.32 Å². The summed E-state index contributed by atoms with van der Waals surface area (Å²) in [4.78, 5) is 0. The van der Waals surface area contributed by atoms with E-state index in [1.165, 1.54) is 25.9 Å². The van der Waals surface area contributed by atoms with Crippen LogP contribution in [0.3, 0.4) is 0 Å². The first-order chi connectivity index (χ1) is 5.58. The molecule has 0 bridgehead atoms. The van der Waals surface area contributed by atoms with Crippen LogP contribution in [-0.4, -0.2) is 25.3 Å². The summed E-state index contributed by atoms with van der Waals surface area (Å²) >= 11 is 0. The average molecular weight is 171 g/mol. The summed E-state index contributed by atoms with van der Waals surface area (Å²) in [5.74, 6) is 0.854. The Balaban J connectivity index is 2.02. The molecular formula is C10H21NO. The van der Waals surface area contributed by atoms with E-state index >= 15 is 0 Å². The fraction of sp³-hybridized carbons (Fsp3) is 1.00. The SMILES string of the molecule is CC(C)(C)OCCC1CCNC1. The van der Waals surface area contributed by atoms with Gasteiger partial charge < -0.3 is 10.1 Å². The van der Waals surface area contributed by atoms with E-state index in [0.29, 0.717) is 0 Å². The molecular weight excluding hydrogens is 150 g/mol. The van der Waals surface area contributed by atoms with Gasteiger partial charge in [-0.3, -0.25) is 0 Å². The van der Waals surface area contributed by atoms with Gasteiger partial charge in [-0.05, 0) is 52.6 Å². The third-order valence-electron chi connectivity index (χ3n) is 2.22. The van der Waals surface area contributed by atoms with Crippen molar-refractivity contribution in [3.8, 4) is 0 Å². The standard InChI is InChI=1S/C10H21NO/c1-10(2,3)12-7-5-9-4-6-11-8-9/h9,11H,4-8H2,1-3H3. The highest BCUT2D eigenvalue weighted by Gasteiger charge is 2.16. The van der Waals surface area contributed by atoms with Crippen LogP contribution in [0, 0.1) is 5.92 Å². The number of nitrogens with one attached hydrogen (secondary N) is 1. The Kier molecular flexibility index (Phi) is 3.53. The van der Waals surface area contributed by atoms with Gasteiger partial charge in [0.2, 0.25) is 0 Å². The van der Waals surface area contributed by atoms with Crippen LogP contribution in [0.25, 0.3) is 0 Å². The average Bonchev–Trinajstić information content (AvgIpc) is 2.36. The number of hydrogen-bond acceptors (Lipinski definition) is 2. The van der Waals surface area contributed by atoms with Crippen LogP contribution in [0.15, 0.2) is 0 Å². The van der Waals surface area contributed by atoms with Crippen LogP contribution in [0.4, 0.5) is 0 Å². The normalized spacial score (nSPS) is 24.8. The van der Waals surface area contributed by atoms with Gasteiger partial charge in [0.05, 0.1) is 5.60 Å². The minimum absolute atomic E-state index is 0.0338. The van der Waals surface area contributed by atoms with Crippen molar-refractivity contribution in [2.24, 2.45) is 5.92 Å². The minimum Gasteiger partial charge on any atom is -0.376 e. The molecule has 0 spiro atoms. The maximum Gasteiger partial charge on any atom is 0.0598 e. The second-order valence-electron chi connectivity index (χ2n) is 4.61.